The Bertz CT molecular complexity index is 702. The van der Waals surface area contributed by atoms with E-state index < -0.39 is 0 Å². The van der Waals surface area contributed by atoms with Crippen LogP contribution in [0.4, 0.5) is 5.82 Å². The number of aromatic nitrogens is 5. The minimum absolute atomic E-state index is 0.0129. The number of tetrazole rings is 1. The number of amides is 1. The third-order valence-corrected chi connectivity index (χ3v) is 5.13. The number of hydrogen-bond acceptors (Lipinski definition) is 8. The smallest absolute Gasteiger partial charge is 0.223 e. The van der Waals surface area contributed by atoms with Gasteiger partial charge in [0.05, 0.1) is 12.6 Å². The van der Waals surface area contributed by atoms with E-state index in [-0.39, 0.29) is 24.5 Å². The predicted molar refractivity (Wildman–Crippen MR) is 95.5 cm³/mol. The molecular formula is C15H23N7O2S. The topological polar surface area (TPSA) is 109 Å². The minimum Gasteiger partial charge on any atom is -0.394 e. The number of rotatable bonds is 7. The van der Waals surface area contributed by atoms with Gasteiger partial charge in [-0.1, -0.05) is 0 Å². The standard InChI is InChI=1S/C15H23N7O2S/c1-25-9-6-12(10-23)16-15(24)11-4-7-21(8-5-11)14-3-2-13-17-19-20-22(13)18-14/h2-3,11-12,23H,4-10H2,1H3,(H,16,24)/t12-/m0/s1. The van der Waals surface area contributed by atoms with E-state index in [9.17, 15) is 9.90 Å². The van der Waals surface area contributed by atoms with E-state index in [0.717, 1.165) is 43.9 Å². The summed E-state index contributed by atoms with van der Waals surface area (Å²) in [5, 5.41) is 28.0. The first-order chi connectivity index (χ1) is 12.2. The molecular weight excluding hydrogens is 342 g/mol. The molecule has 2 aromatic heterocycles. The van der Waals surface area contributed by atoms with Gasteiger partial charge in [-0.25, -0.2) is 0 Å². The van der Waals surface area contributed by atoms with Gasteiger partial charge in [-0.15, -0.1) is 14.8 Å². The van der Waals surface area contributed by atoms with Crippen LogP contribution >= 0.6 is 11.8 Å². The predicted octanol–water partition coefficient (Wildman–Crippen LogP) is -0.0341. The first-order valence-corrected chi connectivity index (χ1v) is 9.81. The van der Waals surface area contributed by atoms with Gasteiger partial charge in [-0.3, -0.25) is 4.79 Å². The Kier molecular flexibility index (Phi) is 6.03. The van der Waals surface area contributed by atoms with Gasteiger partial charge in [0.2, 0.25) is 5.91 Å². The normalized spacial score (nSPS) is 17.0. The largest absolute Gasteiger partial charge is 0.394 e. The Morgan fingerprint density at radius 1 is 1.44 bits per heavy atom. The Balaban J connectivity index is 1.53. The van der Waals surface area contributed by atoms with E-state index in [1.165, 1.54) is 4.63 Å². The maximum absolute atomic E-state index is 12.4. The fourth-order valence-corrected chi connectivity index (χ4v) is 3.49. The van der Waals surface area contributed by atoms with E-state index in [1.807, 2.05) is 18.4 Å². The molecule has 0 bridgehead atoms. The fourth-order valence-electron chi connectivity index (χ4n) is 2.97. The van der Waals surface area contributed by atoms with Gasteiger partial charge in [0, 0.05) is 19.0 Å². The summed E-state index contributed by atoms with van der Waals surface area (Å²) < 4.78 is 1.41. The summed E-state index contributed by atoms with van der Waals surface area (Å²) in [4.78, 5) is 14.6. The highest BCUT2D eigenvalue weighted by molar-refractivity contribution is 7.98. The Morgan fingerprint density at radius 3 is 2.96 bits per heavy atom. The van der Waals surface area contributed by atoms with Crippen LogP contribution in [-0.4, -0.2) is 74.0 Å². The molecule has 0 spiro atoms. The van der Waals surface area contributed by atoms with Crippen LogP contribution in [0.15, 0.2) is 12.1 Å². The number of aliphatic hydroxyl groups excluding tert-OH is 1. The van der Waals surface area contributed by atoms with Gasteiger partial charge >= 0.3 is 0 Å². The number of hydrogen-bond donors (Lipinski definition) is 2. The van der Waals surface area contributed by atoms with Gasteiger partial charge in [0.1, 0.15) is 0 Å². The van der Waals surface area contributed by atoms with Crippen molar-refractivity contribution in [3.8, 4) is 0 Å². The first kappa shape index (κ1) is 17.9. The number of nitrogens with zero attached hydrogens (tertiary/aromatic N) is 6. The molecule has 1 saturated heterocycles. The van der Waals surface area contributed by atoms with Crippen molar-refractivity contribution in [1.82, 2.24) is 30.6 Å². The van der Waals surface area contributed by atoms with Crippen LogP contribution in [0.2, 0.25) is 0 Å². The first-order valence-electron chi connectivity index (χ1n) is 8.42. The number of anilines is 1. The summed E-state index contributed by atoms with van der Waals surface area (Å²) in [5.74, 6) is 1.77. The monoisotopic (exact) mass is 365 g/mol. The van der Waals surface area contributed by atoms with Gasteiger partial charge in [0.15, 0.2) is 11.5 Å². The molecule has 0 unspecified atom stereocenters. The number of nitrogens with one attached hydrogen (secondary N) is 1. The Morgan fingerprint density at radius 2 is 2.24 bits per heavy atom. The molecule has 0 saturated carbocycles. The summed E-state index contributed by atoms with van der Waals surface area (Å²) in [6.07, 6.45) is 4.34. The van der Waals surface area contributed by atoms with Crippen molar-refractivity contribution in [1.29, 1.82) is 0 Å². The zero-order valence-corrected chi connectivity index (χ0v) is 15.0. The van der Waals surface area contributed by atoms with Crippen molar-refractivity contribution < 1.29 is 9.90 Å². The average Bonchev–Trinajstić information content (AvgIpc) is 3.12. The third kappa shape index (κ3) is 4.37. The lowest BCUT2D eigenvalue weighted by molar-refractivity contribution is -0.126. The third-order valence-electron chi connectivity index (χ3n) is 4.48. The Labute approximate surface area is 150 Å². The van der Waals surface area contributed by atoms with Crippen LogP contribution in [0, 0.1) is 5.92 Å². The van der Waals surface area contributed by atoms with Crippen molar-refractivity contribution >= 4 is 29.1 Å². The Hall–Kier alpha value is -1.94. The SMILES string of the molecule is CSCC[C@@H](CO)NC(=O)C1CCN(c2ccc3nnnn3n2)CC1. The maximum Gasteiger partial charge on any atom is 0.223 e. The van der Waals surface area contributed by atoms with E-state index in [0.29, 0.717) is 5.65 Å². The molecule has 25 heavy (non-hydrogen) atoms. The molecule has 0 radical (unpaired) electrons. The molecule has 0 aliphatic carbocycles. The van der Waals surface area contributed by atoms with Crippen LogP contribution in [-0.2, 0) is 4.79 Å². The van der Waals surface area contributed by atoms with Crippen molar-refractivity contribution in [2.45, 2.75) is 25.3 Å². The summed E-state index contributed by atoms with van der Waals surface area (Å²) >= 11 is 1.72. The second-order valence-electron chi connectivity index (χ2n) is 6.15. The molecule has 10 heteroatoms. The summed E-state index contributed by atoms with van der Waals surface area (Å²) in [6.45, 7) is 1.50. The molecule has 9 nitrogen and oxygen atoms in total. The number of aliphatic hydroxyl groups is 1. The molecule has 0 aromatic carbocycles. The average molecular weight is 365 g/mol. The van der Waals surface area contributed by atoms with E-state index in [2.05, 4.69) is 30.8 Å². The van der Waals surface area contributed by atoms with Crippen LogP contribution in [0.25, 0.3) is 5.65 Å². The lowest BCUT2D eigenvalue weighted by Crippen LogP contribution is -2.45. The second kappa shape index (κ2) is 8.43. The van der Waals surface area contributed by atoms with Crippen molar-refractivity contribution in [3.63, 3.8) is 0 Å². The van der Waals surface area contributed by atoms with Crippen molar-refractivity contribution in [2.24, 2.45) is 5.92 Å². The molecule has 3 rings (SSSR count). The lowest BCUT2D eigenvalue weighted by atomic mass is 9.95. The maximum atomic E-state index is 12.4. The zero-order chi connectivity index (χ0) is 17.6. The highest BCUT2D eigenvalue weighted by Crippen LogP contribution is 2.22. The van der Waals surface area contributed by atoms with Gasteiger partial charge in [-0.05, 0) is 53.8 Å². The molecule has 1 fully saturated rings. The molecule has 1 aliphatic heterocycles. The molecule has 1 atom stereocenters. The number of thioether (sulfide) groups is 1. The molecule has 136 valence electrons. The van der Waals surface area contributed by atoms with Crippen molar-refractivity contribution in [3.05, 3.63) is 12.1 Å². The quantitative estimate of drug-likeness (QED) is 0.704. The van der Waals surface area contributed by atoms with E-state index >= 15 is 0 Å². The molecule has 1 aliphatic rings. The van der Waals surface area contributed by atoms with Crippen molar-refractivity contribution in [2.75, 3.05) is 36.6 Å². The molecule has 1 amide bonds. The number of piperidine rings is 1. The number of fused-ring (bicyclic) bond motifs is 1. The molecule has 2 aromatic rings. The van der Waals surface area contributed by atoms with Gasteiger partial charge < -0.3 is 15.3 Å². The summed E-state index contributed by atoms with van der Waals surface area (Å²) in [5.41, 5.74) is 0.610. The molecule has 2 N–H and O–H groups in total. The second-order valence-corrected chi connectivity index (χ2v) is 7.13. The number of carbonyl (C=O) groups excluding carboxylic acids is 1. The van der Waals surface area contributed by atoms with Crippen LogP contribution in [0.3, 0.4) is 0 Å². The summed E-state index contributed by atoms with van der Waals surface area (Å²) in [7, 11) is 0. The lowest BCUT2D eigenvalue weighted by Gasteiger charge is -2.32. The summed E-state index contributed by atoms with van der Waals surface area (Å²) in [6, 6.07) is 3.58. The van der Waals surface area contributed by atoms with Crippen LogP contribution < -0.4 is 10.2 Å². The van der Waals surface area contributed by atoms with Gasteiger partial charge in [-0.2, -0.15) is 11.8 Å². The van der Waals surface area contributed by atoms with Crippen LogP contribution in [0.5, 0.6) is 0 Å². The van der Waals surface area contributed by atoms with E-state index in [1.54, 1.807) is 11.8 Å². The highest BCUT2D eigenvalue weighted by atomic mass is 32.2. The number of carbonyl (C=O) groups is 1. The molecule has 3 heterocycles. The minimum atomic E-state index is -0.151. The zero-order valence-electron chi connectivity index (χ0n) is 14.2. The fraction of sp³-hybridized carbons (Fsp3) is 0.667. The van der Waals surface area contributed by atoms with Gasteiger partial charge in [0.25, 0.3) is 0 Å². The van der Waals surface area contributed by atoms with E-state index in [4.69, 9.17) is 0 Å². The highest BCUT2D eigenvalue weighted by Gasteiger charge is 2.27. The van der Waals surface area contributed by atoms with Crippen LogP contribution in [0.1, 0.15) is 19.3 Å².